The standard InChI is InChI=1S/C26H27N5O/c1-17-9-10-22-20(16-17)24(19-6-2-3-7-21(19)27-22)26(32)30-14-11-18(12-15-30)25-29-28-23-8-4-5-13-31(23)25/h2-8,13,17-18H,9-12,14-16H2,1H3. The van der Waals surface area contributed by atoms with Gasteiger partial charge in [-0.2, -0.15) is 0 Å². The van der Waals surface area contributed by atoms with Crippen LogP contribution in [0.3, 0.4) is 0 Å². The van der Waals surface area contributed by atoms with E-state index in [9.17, 15) is 4.79 Å². The zero-order valence-corrected chi connectivity index (χ0v) is 18.4. The number of rotatable bonds is 2. The van der Waals surface area contributed by atoms with Gasteiger partial charge in [-0.15, -0.1) is 10.2 Å². The number of carbonyl (C=O) groups is 1. The molecule has 0 radical (unpaired) electrons. The summed E-state index contributed by atoms with van der Waals surface area (Å²) in [5.74, 6) is 2.08. The van der Waals surface area contributed by atoms with Crippen LogP contribution >= 0.6 is 0 Å². The van der Waals surface area contributed by atoms with Crippen molar-refractivity contribution in [2.45, 2.75) is 44.9 Å². The average molecular weight is 426 g/mol. The monoisotopic (exact) mass is 425 g/mol. The maximum absolute atomic E-state index is 13.9. The van der Waals surface area contributed by atoms with Gasteiger partial charge in [0.1, 0.15) is 5.82 Å². The number of para-hydroxylation sites is 1. The number of carbonyl (C=O) groups excluding carboxylic acids is 1. The molecule has 162 valence electrons. The molecule has 1 fully saturated rings. The van der Waals surface area contributed by atoms with Crippen molar-refractivity contribution >= 4 is 22.5 Å². The van der Waals surface area contributed by atoms with E-state index in [4.69, 9.17) is 4.98 Å². The van der Waals surface area contributed by atoms with Crippen molar-refractivity contribution in [1.82, 2.24) is 24.5 Å². The van der Waals surface area contributed by atoms with Gasteiger partial charge in [-0.05, 0) is 61.8 Å². The molecule has 0 saturated carbocycles. The molecule has 32 heavy (non-hydrogen) atoms. The fourth-order valence-corrected chi connectivity index (χ4v) is 5.44. The SMILES string of the molecule is CC1CCc2nc3ccccc3c(C(=O)N3CCC(c4nnc5ccccn45)CC3)c2C1. The highest BCUT2D eigenvalue weighted by Gasteiger charge is 2.31. The fraction of sp³-hybridized carbons (Fsp3) is 0.385. The van der Waals surface area contributed by atoms with Crippen LogP contribution in [0.2, 0.25) is 0 Å². The number of benzene rings is 1. The molecule has 0 bridgehead atoms. The van der Waals surface area contributed by atoms with Gasteiger partial charge in [0.25, 0.3) is 5.91 Å². The Labute approximate surface area is 187 Å². The molecule has 1 saturated heterocycles. The summed E-state index contributed by atoms with van der Waals surface area (Å²) < 4.78 is 2.08. The fourth-order valence-electron chi connectivity index (χ4n) is 5.44. The molecule has 1 amide bonds. The molecule has 1 aliphatic heterocycles. The van der Waals surface area contributed by atoms with E-state index in [1.54, 1.807) is 0 Å². The lowest BCUT2D eigenvalue weighted by Gasteiger charge is -2.33. The highest BCUT2D eigenvalue weighted by atomic mass is 16.2. The third-order valence-corrected chi connectivity index (χ3v) is 7.21. The quantitative estimate of drug-likeness (QED) is 0.477. The lowest BCUT2D eigenvalue weighted by Crippen LogP contribution is -2.39. The molecule has 3 aromatic heterocycles. The van der Waals surface area contributed by atoms with Crippen LogP contribution in [0.15, 0.2) is 48.7 Å². The predicted molar refractivity (Wildman–Crippen MR) is 124 cm³/mol. The van der Waals surface area contributed by atoms with Crippen LogP contribution in [0.5, 0.6) is 0 Å². The summed E-state index contributed by atoms with van der Waals surface area (Å²) in [5, 5.41) is 9.76. The van der Waals surface area contributed by atoms with Crippen molar-refractivity contribution in [3.05, 3.63) is 71.3 Å². The summed E-state index contributed by atoms with van der Waals surface area (Å²) in [5.41, 5.74) is 5.01. The van der Waals surface area contributed by atoms with Gasteiger partial charge in [-0.25, -0.2) is 0 Å². The Morgan fingerprint density at radius 2 is 1.81 bits per heavy atom. The summed E-state index contributed by atoms with van der Waals surface area (Å²) >= 11 is 0. The molecular formula is C26H27N5O. The van der Waals surface area contributed by atoms with Gasteiger partial charge in [-0.1, -0.05) is 31.2 Å². The van der Waals surface area contributed by atoms with E-state index in [-0.39, 0.29) is 5.91 Å². The van der Waals surface area contributed by atoms with Crippen molar-refractivity contribution in [1.29, 1.82) is 0 Å². The van der Waals surface area contributed by atoms with Crippen molar-refractivity contribution in [2.24, 2.45) is 5.92 Å². The third-order valence-electron chi connectivity index (χ3n) is 7.21. The molecule has 6 heteroatoms. The van der Waals surface area contributed by atoms with Gasteiger partial charge in [-0.3, -0.25) is 14.2 Å². The van der Waals surface area contributed by atoms with Crippen LogP contribution in [-0.2, 0) is 12.8 Å². The second-order valence-electron chi connectivity index (χ2n) is 9.33. The zero-order valence-electron chi connectivity index (χ0n) is 18.4. The highest BCUT2D eigenvalue weighted by Crippen LogP contribution is 2.34. The van der Waals surface area contributed by atoms with Crippen molar-refractivity contribution in [3.63, 3.8) is 0 Å². The molecule has 2 aliphatic rings. The lowest BCUT2D eigenvalue weighted by molar-refractivity contribution is 0.0711. The molecule has 1 atom stereocenters. The van der Waals surface area contributed by atoms with Gasteiger partial charge in [0.2, 0.25) is 0 Å². The molecule has 1 unspecified atom stereocenters. The Bertz CT molecular complexity index is 1320. The number of amides is 1. The molecule has 6 nitrogen and oxygen atoms in total. The molecule has 4 heterocycles. The van der Waals surface area contributed by atoms with Crippen LogP contribution in [0.1, 0.15) is 59.5 Å². The molecular weight excluding hydrogens is 398 g/mol. The van der Waals surface area contributed by atoms with E-state index in [0.717, 1.165) is 78.8 Å². The van der Waals surface area contributed by atoms with Crippen molar-refractivity contribution in [2.75, 3.05) is 13.1 Å². The van der Waals surface area contributed by atoms with E-state index in [1.807, 2.05) is 47.5 Å². The van der Waals surface area contributed by atoms with Crippen LogP contribution in [0.25, 0.3) is 16.6 Å². The molecule has 0 spiro atoms. The number of hydrogen-bond donors (Lipinski definition) is 0. The Hall–Kier alpha value is -3.28. The van der Waals surface area contributed by atoms with Crippen LogP contribution < -0.4 is 0 Å². The summed E-state index contributed by atoms with van der Waals surface area (Å²) in [6, 6.07) is 14.1. The summed E-state index contributed by atoms with van der Waals surface area (Å²) in [7, 11) is 0. The molecule has 4 aromatic rings. The number of aryl methyl sites for hydroxylation is 1. The van der Waals surface area contributed by atoms with Crippen molar-refractivity contribution in [3.8, 4) is 0 Å². The second-order valence-corrected chi connectivity index (χ2v) is 9.33. The smallest absolute Gasteiger partial charge is 0.254 e. The van der Waals surface area contributed by atoms with Crippen LogP contribution in [0.4, 0.5) is 0 Å². The van der Waals surface area contributed by atoms with Crippen molar-refractivity contribution < 1.29 is 4.79 Å². The summed E-state index contributed by atoms with van der Waals surface area (Å²) in [6.07, 6.45) is 6.88. The number of likely N-dealkylation sites (tertiary alicyclic amines) is 1. The lowest BCUT2D eigenvalue weighted by atomic mass is 9.83. The van der Waals surface area contributed by atoms with Gasteiger partial charge >= 0.3 is 0 Å². The number of nitrogens with zero attached hydrogens (tertiary/aromatic N) is 5. The molecule has 0 N–H and O–H groups in total. The Morgan fingerprint density at radius 1 is 1.00 bits per heavy atom. The Morgan fingerprint density at radius 3 is 2.69 bits per heavy atom. The van der Waals surface area contributed by atoms with Crippen LogP contribution in [0, 0.1) is 5.92 Å². The summed E-state index contributed by atoms with van der Waals surface area (Å²) in [4.78, 5) is 20.8. The second kappa shape index (κ2) is 7.69. The Balaban J connectivity index is 1.30. The average Bonchev–Trinajstić information content (AvgIpc) is 3.26. The highest BCUT2D eigenvalue weighted by molar-refractivity contribution is 6.07. The largest absolute Gasteiger partial charge is 0.339 e. The maximum atomic E-state index is 13.9. The molecule has 6 rings (SSSR count). The third kappa shape index (κ3) is 3.17. The van der Waals surface area contributed by atoms with E-state index < -0.39 is 0 Å². The van der Waals surface area contributed by atoms with Gasteiger partial charge < -0.3 is 4.90 Å². The van der Waals surface area contributed by atoms with Gasteiger partial charge in [0.15, 0.2) is 5.65 Å². The molecule has 1 aliphatic carbocycles. The zero-order chi connectivity index (χ0) is 21.7. The minimum atomic E-state index is 0.165. The van der Waals surface area contributed by atoms with E-state index >= 15 is 0 Å². The van der Waals surface area contributed by atoms with Gasteiger partial charge in [0.05, 0.1) is 11.1 Å². The molecule has 1 aromatic carbocycles. The first kappa shape index (κ1) is 19.4. The van der Waals surface area contributed by atoms with Gasteiger partial charge in [0, 0.05) is 36.3 Å². The number of fused-ring (bicyclic) bond motifs is 3. The normalized spacial score (nSPS) is 19.4. The number of aromatic nitrogens is 4. The first-order valence-corrected chi connectivity index (χ1v) is 11.7. The topological polar surface area (TPSA) is 63.4 Å². The summed E-state index contributed by atoms with van der Waals surface area (Å²) in [6.45, 7) is 3.76. The maximum Gasteiger partial charge on any atom is 0.254 e. The number of pyridine rings is 2. The van der Waals surface area contributed by atoms with E-state index in [2.05, 4.69) is 27.6 Å². The Kier molecular flexibility index (Phi) is 4.67. The first-order chi connectivity index (χ1) is 15.7. The predicted octanol–water partition coefficient (Wildman–Crippen LogP) is 4.42. The number of hydrogen-bond acceptors (Lipinski definition) is 4. The minimum absolute atomic E-state index is 0.165. The minimum Gasteiger partial charge on any atom is -0.339 e. The van der Waals surface area contributed by atoms with E-state index in [0.29, 0.717) is 11.8 Å². The van der Waals surface area contributed by atoms with E-state index in [1.165, 1.54) is 5.56 Å². The first-order valence-electron chi connectivity index (χ1n) is 11.7. The van der Waals surface area contributed by atoms with Crippen LogP contribution in [-0.4, -0.2) is 43.5 Å². The number of piperidine rings is 1.